The first-order chi connectivity index (χ1) is 11.7. The Bertz CT molecular complexity index is 739. The van der Waals surface area contributed by atoms with Gasteiger partial charge >= 0.3 is 5.97 Å². The molecule has 0 spiro atoms. The number of carboxylic acid groups (broad SMARTS) is 1. The van der Waals surface area contributed by atoms with Gasteiger partial charge in [-0.25, -0.2) is 12.7 Å². The van der Waals surface area contributed by atoms with E-state index >= 15 is 0 Å². The minimum atomic E-state index is -3.24. The molecule has 1 aromatic rings. The van der Waals surface area contributed by atoms with Crippen molar-refractivity contribution in [1.29, 1.82) is 0 Å². The topological polar surface area (TPSA) is 104 Å². The highest BCUT2D eigenvalue weighted by Crippen LogP contribution is 2.24. The molecule has 1 aromatic carbocycles. The van der Waals surface area contributed by atoms with Crippen molar-refractivity contribution in [2.45, 2.75) is 32.2 Å². The number of rotatable bonds is 6. The Morgan fingerprint density at radius 1 is 1.28 bits per heavy atom. The van der Waals surface area contributed by atoms with Crippen molar-refractivity contribution >= 4 is 21.9 Å². The Labute approximate surface area is 148 Å². The van der Waals surface area contributed by atoms with E-state index in [1.165, 1.54) is 4.31 Å². The van der Waals surface area contributed by atoms with E-state index in [1.807, 2.05) is 31.2 Å². The largest absolute Gasteiger partial charge is 0.481 e. The normalized spacial score (nSPS) is 17.8. The summed E-state index contributed by atoms with van der Waals surface area (Å²) >= 11 is 0. The highest BCUT2D eigenvalue weighted by Gasteiger charge is 2.30. The van der Waals surface area contributed by atoms with Crippen molar-refractivity contribution in [3.8, 4) is 0 Å². The van der Waals surface area contributed by atoms with E-state index < -0.39 is 22.0 Å². The molecule has 1 aliphatic heterocycles. The number of amides is 1. The Morgan fingerprint density at radius 3 is 2.40 bits per heavy atom. The molecule has 1 saturated heterocycles. The summed E-state index contributed by atoms with van der Waals surface area (Å²) in [4.78, 5) is 23.7. The van der Waals surface area contributed by atoms with Gasteiger partial charge in [0, 0.05) is 19.0 Å². The van der Waals surface area contributed by atoms with Crippen LogP contribution in [0.25, 0.3) is 0 Å². The smallest absolute Gasteiger partial charge is 0.305 e. The molecule has 8 heteroatoms. The zero-order valence-corrected chi connectivity index (χ0v) is 15.3. The first kappa shape index (κ1) is 19.4. The van der Waals surface area contributed by atoms with Gasteiger partial charge in [-0.05, 0) is 30.9 Å². The summed E-state index contributed by atoms with van der Waals surface area (Å²) in [6.45, 7) is 2.50. The van der Waals surface area contributed by atoms with Crippen molar-refractivity contribution < 1.29 is 23.1 Å². The Balaban J connectivity index is 2.06. The number of sulfonamides is 1. The van der Waals surface area contributed by atoms with E-state index in [2.05, 4.69) is 5.32 Å². The monoisotopic (exact) mass is 368 g/mol. The van der Waals surface area contributed by atoms with Crippen LogP contribution in [0.5, 0.6) is 0 Å². The first-order valence-electron chi connectivity index (χ1n) is 8.21. The average Bonchev–Trinajstić information content (AvgIpc) is 2.53. The van der Waals surface area contributed by atoms with E-state index in [1.54, 1.807) is 0 Å². The summed E-state index contributed by atoms with van der Waals surface area (Å²) < 4.78 is 24.5. The summed E-state index contributed by atoms with van der Waals surface area (Å²) in [6, 6.07) is 6.77. The van der Waals surface area contributed by atoms with Gasteiger partial charge in [-0.2, -0.15) is 0 Å². The summed E-state index contributed by atoms with van der Waals surface area (Å²) in [5.41, 5.74) is 1.70. The molecule has 138 valence electrons. The van der Waals surface area contributed by atoms with Crippen LogP contribution in [-0.4, -0.2) is 49.1 Å². The molecular weight excluding hydrogens is 344 g/mol. The third-order valence-corrected chi connectivity index (χ3v) is 5.86. The fraction of sp³-hybridized carbons (Fsp3) is 0.529. The van der Waals surface area contributed by atoms with Crippen molar-refractivity contribution in [2.24, 2.45) is 5.92 Å². The third kappa shape index (κ3) is 5.27. The number of carbonyl (C=O) groups excluding carboxylic acids is 1. The molecule has 1 unspecified atom stereocenters. The second-order valence-corrected chi connectivity index (χ2v) is 8.43. The van der Waals surface area contributed by atoms with E-state index in [0.717, 1.165) is 17.4 Å². The van der Waals surface area contributed by atoms with Gasteiger partial charge in [0.05, 0.1) is 18.7 Å². The van der Waals surface area contributed by atoms with Crippen LogP contribution in [-0.2, 0) is 19.6 Å². The maximum absolute atomic E-state index is 12.6. The minimum Gasteiger partial charge on any atom is -0.481 e. The van der Waals surface area contributed by atoms with Crippen LogP contribution >= 0.6 is 0 Å². The number of hydrogen-bond acceptors (Lipinski definition) is 4. The number of aryl methyl sites for hydroxylation is 1. The number of aliphatic carboxylic acids is 1. The Kier molecular flexibility index (Phi) is 6.18. The predicted molar refractivity (Wildman–Crippen MR) is 93.5 cm³/mol. The number of hydrogen-bond donors (Lipinski definition) is 2. The second-order valence-electron chi connectivity index (χ2n) is 6.45. The molecule has 0 bridgehead atoms. The molecule has 2 rings (SSSR count). The SMILES string of the molecule is Cc1ccccc1C(CC(=O)O)NC(=O)C1CCN(S(C)(=O)=O)CC1. The van der Waals surface area contributed by atoms with Crippen LogP contribution < -0.4 is 5.32 Å². The molecule has 0 radical (unpaired) electrons. The molecule has 7 nitrogen and oxygen atoms in total. The number of nitrogens with zero attached hydrogens (tertiary/aromatic N) is 1. The molecule has 0 aliphatic carbocycles. The lowest BCUT2D eigenvalue weighted by atomic mass is 9.94. The van der Waals surface area contributed by atoms with Gasteiger partial charge in [0.25, 0.3) is 0 Å². The van der Waals surface area contributed by atoms with Crippen LogP contribution in [0.15, 0.2) is 24.3 Å². The van der Waals surface area contributed by atoms with Crippen molar-refractivity contribution in [3.05, 3.63) is 35.4 Å². The van der Waals surface area contributed by atoms with Crippen LogP contribution in [0, 0.1) is 12.8 Å². The lowest BCUT2D eigenvalue weighted by Crippen LogP contribution is -2.43. The highest BCUT2D eigenvalue weighted by atomic mass is 32.2. The van der Waals surface area contributed by atoms with Crippen LogP contribution in [0.1, 0.15) is 36.4 Å². The van der Waals surface area contributed by atoms with Crippen molar-refractivity contribution in [2.75, 3.05) is 19.3 Å². The molecule has 1 atom stereocenters. The van der Waals surface area contributed by atoms with Gasteiger partial charge in [0.15, 0.2) is 0 Å². The molecule has 2 N–H and O–H groups in total. The van der Waals surface area contributed by atoms with Crippen molar-refractivity contribution in [3.63, 3.8) is 0 Å². The van der Waals surface area contributed by atoms with Crippen molar-refractivity contribution in [1.82, 2.24) is 9.62 Å². The first-order valence-corrected chi connectivity index (χ1v) is 10.1. The summed E-state index contributed by atoms with van der Waals surface area (Å²) in [5.74, 6) is -1.51. The number of benzene rings is 1. The van der Waals surface area contributed by atoms with E-state index in [4.69, 9.17) is 5.11 Å². The van der Waals surface area contributed by atoms with Crippen LogP contribution in [0.2, 0.25) is 0 Å². The molecule has 25 heavy (non-hydrogen) atoms. The summed E-state index contributed by atoms with van der Waals surface area (Å²) in [6.07, 6.45) is 1.84. The molecule has 1 aliphatic rings. The minimum absolute atomic E-state index is 0.196. The summed E-state index contributed by atoms with van der Waals surface area (Å²) in [7, 11) is -3.24. The zero-order valence-electron chi connectivity index (χ0n) is 14.4. The van der Waals surface area contributed by atoms with Gasteiger partial charge in [0.2, 0.25) is 15.9 Å². The molecule has 1 heterocycles. The molecule has 1 amide bonds. The quantitative estimate of drug-likeness (QED) is 0.788. The third-order valence-electron chi connectivity index (χ3n) is 4.55. The maximum atomic E-state index is 12.6. The van der Waals surface area contributed by atoms with Gasteiger partial charge < -0.3 is 10.4 Å². The van der Waals surface area contributed by atoms with Gasteiger partial charge in [-0.3, -0.25) is 9.59 Å². The zero-order chi connectivity index (χ0) is 18.6. The Hall–Kier alpha value is -1.93. The van der Waals surface area contributed by atoms with E-state index in [0.29, 0.717) is 25.9 Å². The lowest BCUT2D eigenvalue weighted by Gasteiger charge is -2.30. The number of nitrogens with one attached hydrogen (secondary N) is 1. The van der Waals surface area contributed by atoms with Gasteiger partial charge in [-0.15, -0.1) is 0 Å². The molecule has 0 aromatic heterocycles. The standard InChI is InChI=1S/C17H24N2O5S/c1-12-5-3-4-6-14(12)15(11-16(20)21)18-17(22)13-7-9-19(10-8-13)25(2,23)24/h3-6,13,15H,7-11H2,1-2H3,(H,18,22)(H,20,21). The maximum Gasteiger partial charge on any atom is 0.305 e. The Morgan fingerprint density at radius 2 is 1.88 bits per heavy atom. The fourth-order valence-corrected chi connectivity index (χ4v) is 4.00. The van der Waals surface area contributed by atoms with Crippen LogP contribution in [0.4, 0.5) is 0 Å². The van der Waals surface area contributed by atoms with Crippen LogP contribution in [0.3, 0.4) is 0 Å². The van der Waals surface area contributed by atoms with Gasteiger partial charge in [0.1, 0.15) is 0 Å². The van der Waals surface area contributed by atoms with Gasteiger partial charge in [-0.1, -0.05) is 24.3 Å². The summed E-state index contributed by atoms with van der Waals surface area (Å²) in [5, 5.41) is 12.0. The second kappa shape index (κ2) is 7.97. The van der Waals surface area contributed by atoms with E-state index in [-0.39, 0.29) is 18.2 Å². The predicted octanol–water partition coefficient (Wildman–Crippen LogP) is 1.30. The highest BCUT2D eigenvalue weighted by molar-refractivity contribution is 7.88. The number of carbonyl (C=O) groups is 2. The molecule has 1 fully saturated rings. The lowest BCUT2D eigenvalue weighted by molar-refractivity contribution is -0.138. The number of carboxylic acids is 1. The fourth-order valence-electron chi connectivity index (χ4n) is 3.13. The van der Waals surface area contributed by atoms with E-state index in [9.17, 15) is 18.0 Å². The molecular formula is C17H24N2O5S. The average molecular weight is 368 g/mol. The molecule has 0 saturated carbocycles. The number of piperidine rings is 1.